The average molecular weight is 423 g/mol. The Kier molecular flexibility index (Phi) is 5.52. The first-order chi connectivity index (χ1) is 15.1. The van der Waals surface area contributed by atoms with Crippen molar-refractivity contribution >= 4 is 23.2 Å². The number of benzene rings is 1. The lowest BCUT2D eigenvalue weighted by atomic mass is 9.94. The van der Waals surface area contributed by atoms with E-state index in [-0.39, 0.29) is 17.4 Å². The molecule has 0 bridgehead atoms. The predicted octanol–water partition coefficient (Wildman–Crippen LogP) is 1.46. The molecule has 0 radical (unpaired) electrons. The molecule has 3 aliphatic heterocycles. The number of rotatable bonds is 4. The van der Waals surface area contributed by atoms with Crippen molar-refractivity contribution in [3.05, 3.63) is 45.7 Å². The highest BCUT2D eigenvalue weighted by atomic mass is 16.2. The van der Waals surface area contributed by atoms with Crippen LogP contribution in [0.3, 0.4) is 0 Å². The molecule has 2 aromatic rings. The zero-order valence-corrected chi connectivity index (χ0v) is 18.0. The quantitative estimate of drug-likeness (QED) is 0.700. The van der Waals surface area contributed by atoms with Gasteiger partial charge < -0.3 is 14.4 Å². The van der Waals surface area contributed by atoms with Crippen molar-refractivity contribution in [2.45, 2.75) is 38.8 Å². The van der Waals surface area contributed by atoms with Gasteiger partial charge in [0.1, 0.15) is 0 Å². The lowest BCUT2D eigenvalue weighted by Crippen LogP contribution is -2.51. The predicted molar refractivity (Wildman–Crippen MR) is 119 cm³/mol. The van der Waals surface area contributed by atoms with Crippen molar-refractivity contribution in [3.8, 4) is 0 Å². The number of aromatic nitrogens is 1. The standard InChI is InChI=1S/C24H30N4O3/c29-17-26-11-13-27(14-12-26)23(30)19-6-9-25(10-7-19)16-21-15-20-4-1-3-18-5-2-8-28(22(18)20)24(21)31/h1,3-4,15,17,19H,2,5-14,16H2. The summed E-state index contributed by atoms with van der Waals surface area (Å²) < 4.78 is 1.97. The summed E-state index contributed by atoms with van der Waals surface area (Å²) in [6.45, 7) is 5.65. The topological polar surface area (TPSA) is 65.9 Å². The van der Waals surface area contributed by atoms with Crippen molar-refractivity contribution < 1.29 is 9.59 Å². The maximum absolute atomic E-state index is 13.2. The maximum Gasteiger partial charge on any atom is 0.255 e. The zero-order chi connectivity index (χ0) is 21.4. The molecule has 164 valence electrons. The third-order valence-corrected chi connectivity index (χ3v) is 7.20. The van der Waals surface area contributed by atoms with Crippen LogP contribution in [0.4, 0.5) is 0 Å². The number of pyridine rings is 1. The number of nitrogens with zero attached hydrogens (tertiary/aromatic N) is 4. The molecule has 1 aromatic carbocycles. The van der Waals surface area contributed by atoms with E-state index >= 15 is 0 Å². The first-order valence-electron chi connectivity index (χ1n) is 11.5. The highest BCUT2D eigenvalue weighted by molar-refractivity contribution is 5.83. The lowest BCUT2D eigenvalue weighted by Gasteiger charge is -2.37. The van der Waals surface area contributed by atoms with Crippen LogP contribution in [0.25, 0.3) is 10.9 Å². The minimum atomic E-state index is 0.0560. The monoisotopic (exact) mass is 422 g/mol. The molecular formula is C24H30N4O3. The molecule has 2 saturated heterocycles. The Morgan fingerprint density at radius 2 is 1.81 bits per heavy atom. The summed E-state index contributed by atoms with van der Waals surface area (Å²) in [5.74, 6) is 0.286. The van der Waals surface area contributed by atoms with E-state index in [1.54, 1.807) is 4.90 Å². The second-order valence-electron chi connectivity index (χ2n) is 9.10. The van der Waals surface area contributed by atoms with Gasteiger partial charge in [0, 0.05) is 50.7 Å². The summed E-state index contributed by atoms with van der Waals surface area (Å²) in [5.41, 5.74) is 3.40. The van der Waals surface area contributed by atoms with Gasteiger partial charge in [0.25, 0.3) is 5.56 Å². The van der Waals surface area contributed by atoms with Crippen LogP contribution in [-0.4, -0.2) is 70.9 Å². The number of piperazine rings is 1. The summed E-state index contributed by atoms with van der Waals surface area (Å²) in [6, 6.07) is 8.41. The number of carbonyl (C=O) groups is 2. The molecule has 1 aromatic heterocycles. The van der Waals surface area contributed by atoms with E-state index < -0.39 is 0 Å². The largest absolute Gasteiger partial charge is 0.342 e. The van der Waals surface area contributed by atoms with Gasteiger partial charge in [-0.15, -0.1) is 0 Å². The van der Waals surface area contributed by atoms with E-state index in [2.05, 4.69) is 29.2 Å². The van der Waals surface area contributed by atoms with Crippen LogP contribution in [0.2, 0.25) is 0 Å². The fraction of sp³-hybridized carbons (Fsp3) is 0.542. The van der Waals surface area contributed by atoms with Crippen LogP contribution in [0.1, 0.15) is 30.4 Å². The number of piperidine rings is 1. The van der Waals surface area contributed by atoms with E-state index in [1.165, 1.54) is 5.56 Å². The molecule has 4 heterocycles. The van der Waals surface area contributed by atoms with Crippen LogP contribution in [0, 0.1) is 5.92 Å². The maximum atomic E-state index is 13.2. The highest BCUT2D eigenvalue weighted by Gasteiger charge is 2.30. The Bertz CT molecular complexity index is 1050. The Morgan fingerprint density at radius 3 is 2.55 bits per heavy atom. The van der Waals surface area contributed by atoms with Crippen molar-refractivity contribution in [2.75, 3.05) is 39.3 Å². The third-order valence-electron chi connectivity index (χ3n) is 7.20. The van der Waals surface area contributed by atoms with Crippen LogP contribution in [0.15, 0.2) is 29.1 Å². The summed E-state index contributed by atoms with van der Waals surface area (Å²) in [7, 11) is 0. The molecule has 3 aliphatic rings. The first kappa shape index (κ1) is 20.2. The summed E-state index contributed by atoms with van der Waals surface area (Å²) >= 11 is 0. The molecule has 2 amide bonds. The van der Waals surface area contributed by atoms with E-state index in [0.717, 1.165) is 68.2 Å². The van der Waals surface area contributed by atoms with Gasteiger partial charge in [-0.2, -0.15) is 0 Å². The Labute approximate surface area is 182 Å². The third kappa shape index (κ3) is 3.87. The van der Waals surface area contributed by atoms with E-state index in [9.17, 15) is 14.4 Å². The van der Waals surface area contributed by atoms with Gasteiger partial charge in [0.05, 0.1) is 5.52 Å². The molecule has 7 heteroatoms. The number of likely N-dealkylation sites (tertiary alicyclic amines) is 1. The second-order valence-corrected chi connectivity index (χ2v) is 9.10. The summed E-state index contributed by atoms with van der Waals surface area (Å²) in [5, 5.41) is 1.16. The van der Waals surface area contributed by atoms with Crippen molar-refractivity contribution in [3.63, 3.8) is 0 Å². The van der Waals surface area contributed by atoms with Crippen LogP contribution >= 0.6 is 0 Å². The van der Waals surface area contributed by atoms with Crippen LogP contribution in [0.5, 0.6) is 0 Å². The Morgan fingerprint density at radius 1 is 1.03 bits per heavy atom. The Hall–Kier alpha value is -2.67. The van der Waals surface area contributed by atoms with Gasteiger partial charge in [-0.25, -0.2) is 0 Å². The molecule has 0 unspecified atom stereocenters. The molecule has 0 aliphatic carbocycles. The molecule has 7 nitrogen and oxygen atoms in total. The number of amides is 2. The molecule has 2 fully saturated rings. The first-order valence-corrected chi connectivity index (χ1v) is 11.5. The van der Waals surface area contributed by atoms with Gasteiger partial charge in [-0.1, -0.05) is 18.2 Å². The van der Waals surface area contributed by atoms with Gasteiger partial charge in [0.2, 0.25) is 12.3 Å². The Balaban J connectivity index is 1.24. The van der Waals surface area contributed by atoms with Crippen molar-refractivity contribution in [1.29, 1.82) is 0 Å². The van der Waals surface area contributed by atoms with Crippen molar-refractivity contribution in [2.24, 2.45) is 5.92 Å². The van der Waals surface area contributed by atoms with Gasteiger partial charge in [0.15, 0.2) is 0 Å². The fourth-order valence-electron chi connectivity index (χ4n) is 5.42. The average Bonchev–Trinajstić information content (AvgIpc) is 2.82. The van der Waals surface area contributed by atoms with Gasteiger partial charge in [-0.3, -0.25) is 19.3 Å². The number of carbonyl (C=O) groups excluding carboxylic acids is 2. The molecule has 0 N–H and O–H groups in total. The van der Waals surface area contributed by atoms with Gasteiger partial charge in [-0.05, 0) is 55.8 Å². The number of aryl methyl sites for hydroxylation is 2. The second kappa shape index (κ2) is 8.46. The molecule has 0 saturated carbocycles. The van der Waals surface area contributed by atoms with Crippen molar-refractivity contribution in [1.82, 2.24) is 19.3 Å². The smallest absolute Gasteiger partial charge is 0.255 e. The van der Waals surface area contributed by atoms with Crippen LogP contribution < -0.4 is 5.56 Å². The van der Waals surface area contributed by atoms with Gasteiger partial charge >= 0.3 is 0 Å². The molecule has 31 heavy (non-hydrogen) atoms. The minimum Gasteiger partial charge on any atom is -0.342 e. The number of hydrogen-bond acceptors (Lipinski definition) is 4. The zero-order valence-electron chi connectivity index (χ0n) is 18.0. The summed E-state index contributed by atoms with van der Waals surface area (Å²) in [6.07, 6.45) is 4.59. The lowest BCUT2D eigenvalue weighted by molar-refractivity contribution is -0.140. The summed E-state index contributed by atoms with van der Waals surface area (Å²) in [4.78, 5) is 42.9. The molecule has 0 spiro atoms. The van der Waals surface area contributed by atoms with E-state index in [4.69, 9.17) is 0 Å². The van der Waals surface area contributed by atoms with Crippen LogP contribution in [-0.2, 0) is 29.1 Å². The molecule has 0 atom stereocenters. The number of para-hydroxylation sites is 1. The molecular weight excluding hydrogens is 392 g/mol. The SMILES string of the molecule is O=CN1CCN(C(=O)C2CCN(Cc3cc4cccc5c4n(c3=O)CCC5)CC2)CC1. The normalized spacial score (nSPS) is 20.3. The number of hydrogen-bond donors (Lipinski definition) is 0. The van der Waals surface area contributed by atoms with E-state index in [0.29, 0.717) is 32.7 Å². The minimum absolute atomic E-state index is 0.0560. The van der Waals surface area contributed by atoms with E-state index in [1.807, 2.05) is 9.47 Å². The highest BCUT2D eigenvalue weighted by Crippen LogP contribution is 2.26. The molecule has 5 rings (SSSR count). The fourth-order valence-corrected chi connectivity index (χ4v) is 5.42.